The SMILES string of the molecule is CNC(CCc1ccccc1)c1cncc(Br)c1. The second-order valence-electron chi connectivity index (χ2n) is 4.30. The van der Waals surface area contributed by atoms with E-state index in [9.17, 15) is 0 Å². The third kappa shape index (κ3) is 3.65. The maximum absolute atomic E-state index is 4.22. The fourth-order valence-electron chi connectivity index (χ4n) is 2.05. The van der Waals surface area contributed by atoms with Crippen molar-refractivity contribution in [3.8, 4) is 0 Å². The van der Waals surface area contributed by atoms with Crippen LogP contribution >= 0.6 is 15.9 Å². The van der Waals surface area contributed by atoms with Crippen LogP contribution in [0.2, 0.25) is 0 Å². The molecule has 2 aromatic rings. The number of aromatic nitrogens is 1. The number of halogens is 1. The summed E-state index contributed by atoms with van der Waals surface area (Å²) in [5.74, 6) is 0. The number of hydrogen-bond donors (Lipinski definition) is 1. The highest BCUT2D eigenvalue weighted by Gasteiger charge is 2.09. The normalized spacial score (nSPS) is 12.3. The van der Waals surface area contributed by atoms with Gasteiger partial charge >= 0.3 is 0 Å². The Labute approximate surface area is 117 Å². The van der Waals surface area contributed by atoms with E-state index in [-0.39, 0.29) is 0 Å². The van der Waals surface area contributed by atoms with Crippen molar-refractivity contribution in [3.05, 3.63) is 64.4 Å². The zero-order valence-corrected chi connectivity index (χ0v) is 12.0. The van der Waals surface area contributed by atoms with Gasteiger partial charge < -0.3 is 5.32 Å². The predicted molar refractivity (Wildman–Crippen MR) is 78.5 cm³/mol. The Kier molecular flexibility index (Phi) is 4.90. The largest absolute Gasteiger partial charge is 0.313 e. The van der Waals surface area contributed by atoms with Crippen LogP contribution in [0.15, 0.2) is 53.3 Å². The molecule has 18 heavy (non-hydrogen) atoms. The highest BCUT2D eigenvalue weighted by Crippen LogP contribution is 2.21. The molecule has 1 atom stereocenters. The molecule has 0 saturated carbocycles. The molecule has 0 bridgehead atoms. The first kappa shape index (κ1) is 13.2. The molecule has 0 radical (unpaired) electrons. The molecule has 94 valence electrons. The van der Waals surface area contributed by atoms with Crippen molar-refractivity contribution in [3.63, 3.8) is 0 Å². The lowest BCUT2D eigenvalue weighted by Crippen LogP contribution is -2.17. The molecule has 2 rings (SSSR count). The molecule has 1 N–H and O–H groups in total. The van der Waals surface area contributed by atoms with Crippen molar-refractivity contribution >= 4 is 15.9 Å². The third-order valence-electron chi connectivity index (χ3n) is 3.04. The van der Waals surface area contributed by atoms with Gasteiger partial charge in [0, 0.05) is 22.9 Å². The molecule has 3 heteroatoms. The lowest BCUT2D eigenvalue weighted by Gasteiger charge is -2.16. The fourth-order valence-corrected chi connectivity index (χ4v) is 2.43. The first-order chi connectivity index (χ1) is 8.79. The van der Waals surface area contributed by atoms with Gasteiger partial charge in [-0.25, -0.2) is 0 Å². The van der Waals surface area contributed by atoms with Gasteiger partial charge in [-0.1, -0.05) is 30.3 Å². The minimum absolute atomic E-state index is 0.343. The molecule has 0 aliphatic heterocycles. The van der Waals surface area contributed by atoms with Gasteiger partial charge in [0.05, 0.1) is 0 Å². The molecule has 1 aromatic heterocycles. The quantitative estimate of drug-likeness (QED) is 0.910. The Hall–Kier alpha value is -1.19. The van der Waals surface area contributed by atoms with E-state index in [1.54, 1.807) is 0 Å². The smallest absolute Gasteiger partial charge is 0.0410 e. The van der Waals surface area contributed by atoms with Crippen molar-refractivity contribution in [2.45, 2.75) is 18.9 Å². The number of hydrogen-bond acceptors (Lipinski definition) is 2. The highest BCUT2D eigenvalue weighted by atomic mass is 79.9. The molecule has 0 aliphatic rings. The van der Waals surface area contributed by atoms with Crippen molar-refractivity contribution in [2.75, 3.05) is 7.05 Å². The topological polar surface area (TPSA) is 24.9 Å². The van der Waals surface area contributed by atoms with Gasteiger partial charge in [0.1, 0.15) is 0 Å². The van der Waals surface area contributed by atoms with Gasteiger partial charge in [-0.3, -0.25) is 4.98 Å². The molecular weight excluding hydrogens is 288 g/mol. The average Bonchev–Trinajstić information content (AvgIpc) is 2.41. The first-order valence-corrected chi connectivity index (χ1v) is 6.90. The van der Waals surface area contributed by atoms with E-state index in [4.69, 9.17) is 0 Å². The third-order valence-corrected chi connectivity index (χ3v) is 3.48. The molecule has 1 aromatic carbocycles. The van der Waals surface area contributed by atoms with Gasteiger partial charge in [-0.2, -0.15) is 0 Å². The second-order valence-corrected chi connectivity index (χ2v) is 5.22. The lowest BCUT2D eigenvalue weighted by atomic mass is 10.0. The summed E-state index contributed by atoms with van der Waals surface area (Å²) in [5, 5.41) is 3.35. The number of rotatable bonds is 5. The van der Waals surface area contributed by atoms with E-state index in [1.807, 2.05) is 19.4 Å². The zero-order valence-electron chi connectivity index (χ0n) is 10.4. The van der Waals surface area contributed by atoms with Crippen molar-refractivity contribution < 1.29 is 0 Å². The number of aryl methyl sites for hydroxylation is 1. The maximum Gasteiger partial charge on any atom is 0.0410 e. The molecular formula is C15H17BrN2. The van der Waals surface area contributed by atoms with E-state index in [0.29, 0.717) is 6.04 Å². The molecule has 0 spiro atoms. The summed E-state index contributed by atoms with van der Waals surface area (Å²) in [6.07, 6.45) is 5.88. The molecule has 2 nitrogen and oxygen atoms in total. The molecule has 1 unspecified atom stereocenters. The minimum Gasteiger partial charge on any atom is -0.313 e. The Morgan fingerprint density at radius 3 is 2.67 bits per heavy atom. The summed E-state index contributed by atoms with van der Waals surface area (Å²) in [5.41, 5.74) is 2.60. The summed E-state index contributed by atoms with van der Waals surface area (Å²) < 4.78 is 1.03. The summed E-state index contributed by atoms with van der Waals surface area (Å²) in [6, 6.07) is 13.0. The van der Waals surface area contributed by atoms with Crippen LogP contribution < -0.4 is 5.32 Å². The van der Waals surface area contributed by atoms with Crippen LogP contribution in [0.1, 0.15) is 23.6 Å². The molecule has 0 fully saturated rings. The maximum atomic E-state index is 4.22. The Balaban J connectivity index is 2.02. The highest BCUT2D eigenvalue weighted by molar-refractivity contribution is 9.10. The van der Waals surface area contributed by atoms with Crippen molar-refractivity contribution in [1.29, 1.82) is 0 Å². The predicted octanol–water partition coefficient (Wildman–Crippen LogP) is 3.74. The van der Waals surface area contributed by atoms with Crippen LogP contribution in [0.4, 0.5) is 0 Å². The lowest BCUT2D eigenvalue weighted by molar-refractivity contribution is 0.547. The zero-order chi connectivity index (χ0) is 12.8. The van der Waals surface area contributed by atoms with Crippen LogP contribution in [0.3, 0.4) is 0 Å². The number of benzene rings is 1. The fraction of sp³-hybridized carbons (Fsp3) is 0.267. The summed E-state index contributed by atoms with van der Waals surface area (Å²) in [4.78, 5) is 4.22. The van der Waals surface area contributed by atoms with E-state index in [0.717, 1.165) is 17.3 Å². The van der Waals surface area contributed by atoms with Crippen LogP contribution in [-0.4, -0.2) is 12.0 Å². The van der Waals surface area contributed by atoms with Gasteiger partial charge in [-0.15, -0.1) is 0 Å². The Morgan fingerprint density at radius 1 is 1.22 bits per heavy atom. The standard InChI is InChI=1S/C15H17BrN2/c1-17-15(13-9-14(16)11-18-10-13)8-7-12-5-3-2-4-6-12/h2-6,9-11,15,17H,7-8H2,1H3. The monoisotopic (exact) mass is 304 g/mol. The number of pyridine rings is 1. The number of nitrogens with one attached hydrogen (secondary N) is 1. The molecule has 1 heterocycles. The van der Waals surface area contributed by atoms with Crippen molar-refractivity contribution in [2.24, 2.45) is 0 Å². The van der Waals surface area contributed by atoms with Crippen molar-refractivity contribution in [1.82, 2.24) is 10.3 Å². The van der Waals surface area contributed by atoms with E-state index < -0.39 is 0 Å². The molecule has 0 aliphatic carbocycles. The minimum atomic E-state index is 0.343. The van der Waals surface area contributed by atoms with Gasteiger partial charge in [0.25, 0.3) is 0 Å². The second kappa shape index (κ2) is 6.66. The van der Waals surface area contributed by atoms with Crippen LogP contribution in [0.25, 0.3) is 0 Å². The van der Waals surface area contributed by atoms with Crippen LogP contribution in [-0.2, 0) is 6.42 Å². The number of nitrogens with zero attached hydrogens (tertiary/aromatic N) is 1. The van der Waals surface area contributed by atoms with E-state index in [1.165, 1.54) is 11.1 Å². The van der Waals surface area contributed by atoms with E-state index >= 15 is 0 Å². The Morgan fingerprint density at radius 2 is 2.00 bits per heavy atom. The first-order valence-electron chi connectivity index (χ1n) is 6.11. The molecule has 0 saturated heterocycles. The average molecular weight is 305 g/mol. The summed E-state index contributed by atoms with van der Waals surface area (Å²) in [7, 11) is 2.00. The van der Waals surface area contributed by atoms with Gasteiger partial charge in [0.15, 0.2) is 0 Å². The summed E-state index contributed by atoms with van der Waals surface area (Å²) >= 11 is 3.47. The molecule has 0 amide bonds. The van der Waals surface area contributed by atoms with E-state index in [2.05, 4.69) is 62.6 Å². The Bertz CT molecular complexity index is 485. The van der Waals surface area contributed by atoms with Gasteiger partial charge in [-0.05, 0) is 53.0 Å². The van der Waals surface area contributed by atoms with Crippen LogP contribution in [0, 0.1) is 0 Å². The van der Waals surface area contributed by atoms with Gasteiger partial charge in [0.2, 0.25) is 0 Å². The van der Waals surface area contributed by atoms with Crippen LogP contribution in [0.5, 0.6) is 0 Å². The summed E-state index contributed by atoms with van der Waals surface area (Å²) in [6.45, 7) is 0.